The SMILES string of the molecule is C[C@@H](CN1CCN(Cc2ccccc2)CC1)NC(=O)Nc1cccc(Cl)c1. The molecular weight excluding hydrogens is 360 g/mol. The van der Waals surface area contributed by atoms with Crippen molar-refractivity contribution in [3.05, 3.63) is 65.2 Å². The van der Waals surface area contributed by atoms with E-state index in [9.17, 15) is 4.79 Å². The number of carbonyl (C=O) groups excluding carboxylic acids is 1. The second kappa shape index (κ2) is 9.74. The van der Waals surface area contributed by atoms with Crippen LogP contribution in [0.25, 0.3) is 0 Å². The number of piperazine rings is 1. The standard InChI is InChI=1S/C21H27ClN4O/c1-17(23-21(27)24-20-9-5-8-19(22)14-20)15-25-10-12-26(13-11-25)16-18-6-3-2-4-7-18/h2-9,14,17H,10-13,15-16H2,1H3,(H2,23,24,27)/t17-/m0/s1. The van der Waals surface area contributed by atoms with Gasteiger partial charge < -0.3 is 10.6 Å². The molecule has 1 heterocycles. The van der Waals surface area contributed by atoms with Crippen LogP contribution in [-0.4, -0.2) is 54.6 Å². The van der Waals surface area contributed by atoms with Crippen molar-refractivity contribution in [1.29, 1.82) is 0 Å². The highest BCUT2D eigenvalue weighted by atomic mass is 35.5. The maximum atomic E-state index is 12.1. The summed E-state index contributed by atoms with van der Waals surface area (Å²) in [6, 6.07) is 17.6. The van der Waals surface area contributed by atoms with Crippen molar-refractivity contribution in [2.24, 2.45) is 0 Å². The molecule has 144 valence electrons. The van der Waals surface area contributed by atoms with Gasteiger partial charge in [-0.15, -0.1) is 0 Å². The predicted molar refractivity (Wildman–Crippen MR) is 111 cm³/mol. The average molecular weight is 387 g/mol. The van der Waals surface area contributed by atoms with Gasteiger partial charge in [-0.3, -0.25) is 9.80 Å². The van der Waals surface area contributed by atoms with E-state index in [1.807, 2.05) is 19.1 Å². The van der Waals surface area contributed by atoms with E-state index in [2.05, 4.69) is 50.8 Å². The maximum Gasteiger partial charge on any atom is 0.319 e. The molecule has 0 unspecified atom stereocenters. The molecule has 0 bridgehead atoms. The van der Waals surface area contributed by atoms with Gasteiger partial charge in [-0.25, -0.2) is 4.79 Å². The molecule has 3 rings (SSSR count). The molecule has 1 aliphatic heterocycles. The van der Waals surface area contributed by atoms with Crippen molar-refractivity contribution in [2.75, 3.05) is 38.0 Å². The van der Waals surface area contributed by atoms with Crippen LogP contribution in [0.5, 0.6) is 0 Å². The summed E-state index contributed by atoms with van der Waals surface area (Å²) in [6.45, 7) is 8.04. The van der Waals surface area contributed by atoms with Crippen LogP contribution in [0, 0.1) is 0 Å². The number of rotatable bonds is 6. The largest absolute Gasteiger partial charge is 0.334 e. The molecular formula is C21H27ClN4O. The highest BCUT2D eigenvalue weighted by Gasteiger charge is 2.19. The van der Waals surface area contributed by atoms with Crippen molar-refractivity contribution in [3.63, 3.8) is 0 Å². The molecule has 1 fully saturated rings. The summed E-state index contributed by atoms with van der Waals surface area (Å²) >= 11 is 5.94. The first-order chi connectivity index (χ1) is 13.1. The van der Waals surface area contributed by atoms with Gasteiger partial charge in [0, 0.05) is 56.0 Å². The number of nitrogens with one attached hydrogen (secondary N) is 2. The number of halogens is 1. The number of anilines is 1. The summed E-state index contributed by atoms with van der Waals surface area (Å²) in [5, 5.41) is 6.43. The van der Waals surface area contributed by atoms with E-state index < -0.39 is 0 Å². The summed E-state index contributed by atoms with van der Waals surface area (Å²) in [5.41, 5.74) is 2.06. The molecule has 27 heavy (non-hydrogen) atoms. The Morgan fingerprint density at radius 3 is 2.44 bits per heavy atom. The van der Waals surface area contributed by atoms with Gasteiger partial charge in [0.2, 0.25) is 0 Å². The van der Waals surface area contributed by atoms with Crippen LogP contribution >= 0.6 is 11.6 Å². The third kappa shape index (κ3) is 6.54. The molecule has 0 aromatic heterocycles. The van der Waals surface area contributed by atoms with Crippen molar-refractivity contribution < 1.29 is 4.79 Å². The van der Waals surface area contributed by atoms with E-state index in [0.717, 1.165) is 39.3 Å². The zero-order chi connectivity index (χ0) is 19.1. The molecule has 5 nitrogen and oxygen atoms in total. The lowest BCUT2D eigenvalue weighted by Crippen LogP contribution is -2.50. The quantitative estimate of drug-likeness (QED) is 0.796. The van der Waals surface area contributed by atoms with Crippen LogP contribution in [-0.2, 0) is 6.54 Å². The third-order valence-corrected chi connectivity index (χ3v) is 4.94. The Morgan fingerprint density at radius 1 is 1.04 bits per heavy atom. The lowest BCUT2D eigenvalue weighted by molar-refractivity contribution is 0.120. The molecule has 2 N–H and O–H groups in total. The fourth-order valence-electron chi connectivity index (χ4n) is 3.36. The van der Waals surface area contributed by atoms with Crippen LogP contribution in [0.3, 0.4) is 0 Å². The van der Waals surface area contributed by atoms with Gasteiger partial charge in [-0.2, -0.15) is 0 Å². The topological polar surface area (TPSA) is 47.6 Å². The van der Waals surface area contributed by atoms with Crippen LogP contribution in [0.4, 0.5) is 10.5 Å². The molecule has 1 saturated heterocycles. The van der Waals surface area contributed by atoms with Crippen LogP contribution in [0.15, 0.2) is 54.6 Å². The minimum absolute atomic E-state index is 0.0739. The molecule has 2 aromatic carbocycles. The second-order valence-corrected chi connectivity index (χ2v) is 7.51. The fraction of sp³-hybridized carbons (Fsp3) is 0.381. The van der Waals surface area contributed by atoms with E-state index in [1.54, 1.807) is 12.1 Å². The van der Waals surface area contributed by atoms with Crippen molar-refractivity contribution in [2.45, 2.75) is 19.5 Å². The van der Waals surface area contributed by atoms with Crippen LogP contribution < -0.4 is 10.6 Å². The molecule has 1 atom stereocenters. The van der Waals surface area contributed by atoms with Gasteiger partial charge in [-0.05, 0) is 30.7 Å². The van der Waals surface area contributed by atoms with Gasteiger partial charge in [0.25, 0.3) is 0 Å². The van der Waals surface area contributed by atoms with Crippen LogP contribution in [0.1, 0.15) is 12.5 Å². The Kier molecular flexibility index (Phi) is 7.10. The molecule has 0 spiro atoms. The van der Waals surface area contributed by atoms with Crippen molar-refractivity contribution in [3.8, 4) is 0 Å². The molecule has 2 amide bonds. The summed E-state index contributed by atoms with van der Waals surface area (Å²) in [5.74, 6) is 0. The normalized spacial score (nSPS) is 16.7. The van der Waals surface area contributed by atoms with Crippen molar-refractivity contribution in [1.82, 2.24) is 15.1 Å². The third-order valence-electron chi connectivity index (χ3n) is 4.71. The number of nitrogens with zero attached hydrogens (tertiary/aromatic N) is 2. The Labute approximate surface area is 166 Å². The summed E-state index contributed by atoms with van der Waals surface area (Å²) in [7, 11) is 0. The second-order valence-electron chi connectivity index (χ2n) is 7.07. The number of amides is 2. The van der Waals surface area contributed by atoms with Gasteiger partial charge >= 0.3 is 6.03 Å². The average Bonchev–Trinajstić information content (AvgIpc) is 2.64. The number of carbonyl (C=O) groups is 1. The molecule has 0 saturated carbocycles. The number of benzene rings is 2. The summed E-state index contributed by atoms with van der Waals surface area (Å²) in [4.78, 5) is 17.0. The lowest BCUT2D eigenvalue weighted by atomic mass is 10.2. The maximum absolute atomic E-state index is 12.1. The first-order valence-corrected chi connectivity index (χ1v) is 9.78. The van der Waals surface area contributed by atoms with E-state index in [1.165, 1.54) is 5.56 Å². The van der Waals surface area contributed by atoms with Gasteiger partial charge in [0.15, 0.2) is 0 Å². The smallest absolute Gasteiger partial charge is 0.319 e. The predicted octanol–water partition coefficient (Wildman–Crippen LogP) is 3.67. The van der Waals surface area contributed by atoms with Gasteiger partial charge in [0.05, 0.1) is 0 Å². The van der Waals surface area contributed by atoms with Crippen LogP contribution in [0.2, 0.25) is 5.02 Å². The van der Waals surface area contributed by atoms with E-state index in [0.29, 0.717) is 10.7 Å². The Balaban J connectivity index is 1.37. The first-order valence-electron chi connectivity index (χ1n) is 9.40. The molecule has 2 aromatic rings. The summed E-state index contributed by atoms with van der Waals surface area (Å²) in [6.07, 6.45) is 0. The van der Waals surface area contributed by atoms with E-state index >= 15 is 0 Å². The number of hydrogen-bond donors (Lipinski definition) is 2. The number of hydrogen-bond acceptors (Lipinski definition) is 3. The fourth-order valence-corrected chi connectivity index (χ4v) is 3.55. The molecule has 1 aliphatic rings. The Bertz CT molecular complexity index is 732. The minimum Gasteiger partial charge on any atom is -0.334 e. The minimum atomic E-state index is -0.201. The Hall–Kier alpha value is -2.08. The van der Waals surface area contributed by atoms with E-state index in [4.69, 9.17) is 11.6 Å². The van der Waals surface area contributed by atoms with E-state index in [-0.39, 0.29) is 12.1 Å². The zero-order valence-corrected chi connectivity index (χ0v) is 16.5. The lowest BCUT2D eigenvalue weighted by Gasteiger charge is -2.36. The monoisotopic (exact) mass is 386 g/mol. The van der Waals surface area contributed by atoms with Gasteiger partial charge in [-0.1, -0.05) is 48.0 Å². The first kappa shape index (κ1) is 19.7. The Morgan fingerprint density at radius 2 is 1.74 bits per heavy atom. The highest BCUT2D eigenvalue weighted by molar-refractivity contribution is 6.30. The molecule has 6 heteroatoms. The molecule has 0 aliphatic carbocycles. The number of urea groups is 1. The molecule has 0 radical (unpaired) electrons. The summed E-state index contributed by atoms with van der Waals surface area (Å²) < 4.78 is 0. The van der Waals surface area contributed by atoms with Gasteiger partial charge in [0.1, 0.15) is 0 Å². The zero-order valence-electron chi connectivity index (χ0n) is 15.7. The van der Waals surface area contributed by atoms with Crippen molar-refractivity contribution >= 4 is 23.3 Å². The highest BCUT2D eigenvalue weighted by Crippen LogP contribution is 2.14.